The summed E-state index contributed by atoms with van der Waals surface area (Å²) in [6.45, 7) is 1.60. The number of carbonyl (C=O) groups is 1. The summed E-state index contributed by atoms with van der Waals surface area (Å²) in [5, 5.41) is 5.81. The Labute approximate surface area is 136 Å². The van der Waals surface area contributed by atoms with Crippen LogP contribution in [0.3, 0.4) is 0 Å². The van der Waals surface area contributed by atoms with Gasteiger partial charge in [0.25, 0.3) is 0 Å². The number of piperidine rings is 1. The molecule has 1 N–H and O–H groups in total. The van der Waals surface area contributed by atoms with Crippen molar-refractivity contribution >= 4 is 5.91 Å². The number of H-pyrrole nitrogens is 1. The predicted octanol–water partition coefficient (Wildman–Crippen LogP) is 2.42. The van der Waals surface area contributed by atoms with Crippen LogP contribution in [0.4, 0.5) is 13.2 Å². The number of carbonyl (C=O) groups excluding carboxylic acids is 1. The third-order valence-electron chi connectivity index (χ3n) is 4.25. The monoisotopic (exact) mass is 341 g/mol. The van der Waals surface area contributed by atoms with Crippen LogP contribution >= 0.6 is 0 Å². The summed E-state index contributed by atoms with van der Waals surface area (Å²) in [5.41, 5.74) is -0.476. The second-order valence-corrected chi connectivity index (χ2v) is 5.94. The summed E-state index contributed by atoms with van der Waals surface area (Å²) in [5.74, 6) is -0.136. The first-order valence-corrected chi connectivity index (χ1v) is 7.79. The minimum atomic E-state index is -4.45. The first kappa shape index (κ1) is 16.5. The molecule has 1 fully saturated rings. The Bertz CT molecular complexity index is 680. The first-order chi connectivity index (χ1) is 11.4. The van der Waals surface area contributed by atoms with Gasteiger partial charge >= 0.3 is 6.18 Å². The fourth-order valence-corrected chi connectivity index (χ4v) is 2.95. The molecule has 0 aliphatic carbocycles. The minimum Gasteiger partial charge on any atom is -0.342 e. The molecule has 0 aromatic carbocycles. The maximum Gasteiger partial charge on any atom is 0.435 e. The third-order valence-corrected chi connectivity index (χ3v) is 4.25. The molecule has 24 heavy (non-hydrogen) atoms. The number of halogens is 3. The molecule has 1 aliphatic heterocycles. The number of hydrogen-bond acceptors (Lipinski definition) is 3. The molecule has 0 radical (unpaired) electrons. The van der Waals surface area contributed by atoms with Crippen molar-refractivity contribution in [2.24, 2.45) is 0 Å². The van der Waals surface area contributed by atoms with Gasteiger partial charge in [-0.15, -0.1) is 0 Å². The van der Waals surface area contributed by atoms with E-state index in [0.29, 0.717) is 31.7 Å². The number of rotatable bonds is 4. The molecule has 1 aliphatic rings. The van der Waals surface area contributed by atoms with Gasteiger partial charge in [-0.2, -0.15) is 18.3 Å². The van der Waals surface area contributed by atoms with Crippen molar-refractivity contribution in [3.8, 4) is 0 Å². The molecule has 3 heterocycles. The van der Waals surface area contributed by atoms with Crippen molar-refractivity contribution in [3.05, 3.63) is 36.2 Å². The van der Waals surface area contributed by atoms with Crippen LogP contribution < -0.4 is 0 Å². The normalized spacial score (nSPS) is 18.8. The quantitative estimate of drug-likeness (QED) is 0.929. The zero-order valence-corrected chi connectivity index (χ0v) is 13.0. The van der Waals surface area contributed by atoms with Gasteiger partial charge in [-0.1, -0.05) is 0 Å². The number of amides is 1. The number of aromatic amines is 1. The highest BCUT2D eigenvalue weighted by atomic mass is 19.4. The van der Waals surface area contributed by atoms with Gasteiger partial charge in [0.1, 0.15) is 0 Å². The van der Waals surface area contributed by atoms with E-state index in [1.807, 2.05) is 4.57 Å². The zero-order valence-electron chi connectivity index (χ0n) is 13.0. The molecule has 1 amide bonds. The Hall–Kier alpha value is -2.32. The van der Waals surface area contributed by atoms with E-state index in [1.54, 1.807) is 23.6 Å². The van der Waals surface area contributed by atoms with Crippen LogP contribution in [0, 0.1) is 0 Å². The number of aryl methyl sites for hydroxylation is 1. The molecular weight excluding hydrogens is 323 g/mol. The highest BCUT2D eigenvalue weighted by Crippen LogP contribution is 2.32. The Morgan fingerprint density at radius 2 is 2.25 bits per heavy atom. The van der Waals surface area contributed by atoms with Crippen LogP contribution in [0.15, 0.2) is 24.8 Å². The smallest absolute Gasteiger partial charge is 0.342 e. The summed E-state index contributed by atoms with van der Waals surface area (Å²) in [4.78, 5) is 18.0. The number of aromatic nitrogens is 4. The maximum absolute atomic E-state index is 12.7. The number of imidazole rings is 1. The average molecular weight is 341 g/mol. The van der Waals surface area contributed by atoms with Gasteiger partial charge in [0.15, 0.2) is 5.69 Å². The van der Waals surface area contributed by atoms with E-state index in [4.69, 9.17) is 0 Å². The molecule has 0 saturated carbocycles. The maximum atomic E-state index is 12.7. The summed E-state index contributed by atoms with van der Waals surface area (Å²) < 4.78 is 39.8. The summed E-state index contributed by atoms with van der Waals surface area (Å²) in [6.07, 6.45) is 2.49. The molecule has 0 bridgehead atoms. The highest BCUT2D eigenvalue weighted by molar-refractivity contribution is 5.76. The topological polar surface area (TPSA) is 66.8 Å². The van der Waals surface area contributed by atoms with Crippen LogP contribution in [-0.4, -0.2) is 43.6 Å². The van der Waals surface area contributed by atoms with E-state index in [0.717, 1.165) is 18.9 Å². The second kappa shape index (κ2) is 6.66. The molecule has 1 atom stereocenters. The van der Waals surface area contributed by atoms with Gasteiger partial charge in [0, 0.05) is 50.1 Å². The van der Waals surface area contributed by atoms with Crippen LogP contribution in [0.1, 0.15) is 36.6 Å². The van der Waals surface area contributed by atoms with Crippen LogP contribution in [0.2, 0.25) is 0 Å². The lowest BCUT2D eigenvalue weighted by Gasteiger charge is -2.32. The van der Waals surface area contributed by atoms with Crippen LogP contribution in [-0.2, 0) is 17.5 Å². The van der Waals surface area contributed by atoms with Crippen molar-refractivity contribution in [3.63, 3.8) is 0 Å². The van der Waals surface area contributed by atoms with E-state index in [9.17, 15) is 18.0 Å². The second-order valence-electron chi connectivity index (χ2n) is 5.94. The lowest BCUT2D eigenvalue weighted by atomic mass is 9.94. The van der Waals surface area contributed by atoms with E-state index in [2.05, 4.69) is 15.2 Å². The predicted molar refractivity (Wildman–Crippen MR) is 79.0 cm³/mol. The molecule has 2 aromatic rings. The number of nitrogens with zero attached hydrogens (tertiary/aromatic N) is 4. The molecule has 130 valence electrons. The van der Waals surface area contributed by atoms with E-state index in [1.165, 1.54) is 0 Å². The summed E-state index contributed by atoms with van der Waals surface area (Å²) in [6, 6.07) is 1.05. The average Bonchev–Trinajstić information content (AvgIpc) is 3.23. The van der Waals surface area contributed by atoms with Gasteiger partial charge in [-0.25, -0.2) is 4.98 Å². The van der Waals surface area contributed by atoms with Crippen molar-refractivity contribution in [1.82, 2.24) is 24.6 Å². The van der Waals surface area contributed by atoms with Gasteiger partial charge in [0.05, 0.1) is 6.33 Å². The lowest BCUT2D eigenvalue weighted by Crippen LogP contribution is -2.39. The van der Waals surface area contributed by atoms with Gasteiger partial charge in [-0.3, -0.25) is 9.89 Å². The standard InChI is InChI=1S/C15H18F3N5O/c16-15(17,18)13-8-12(20-21-13)11-2-1-5-23(9-11)14(24)3-6-22-7-4-19-10-22/h4,7-8,10-11H,1-3,5-6,9H2,(H,20,21). The zero-order chi connectivity index (χ0) is 17.2. The van der Waals surface area contributed by atoms with Crippen molar-refractivity contribution < 1.29 is 18.0 Å². The number of hydrogen-bond donors (Lipinski definition) is 1. The van der Waals surface area contributed by atoms with Gasteiger partial charge < -0.3 is 9.47 Å². The van der Waals surface area contributed by atoms with E-state index >= 15 is 0 Å². The molecule has 9 heteroatoms. The van der Waals surface area contributed by atoms with E-state index in [-0.39, 0.29) is 11.8 Å². The van der Waals surface area contributed by atoms with Crippen molar-refractivity contribution in [2.45, 2.75) is 37.9 Å². The highest BCUT2D eigenvalue weighted by Gasteiger charge is 2.35. The molecule has 1 saturated heterocycles. The number of nitrogens with one attached hydrogen (secondary N) is 1. The SMILES string of the molecule is O=C(CCn1ccnc1)N1CCCC(c2cc(C(F)(F)F)n[nH]2)C1. The van der Waals surface area contributed by atoms with Crippen LogP contribution in [0.5, 0.6) is 0 Å². The molecule has 6 nitrogen and oxygen atoms in total. The van der Waals surface area contributed by atoms with Crippen molar-refractivity contribution in [1.29, 1.82) is 0 Å². The Morgan fingerprint density at radius 3 is 2.92 bits per heavy atom. The first-order valence-electron chi connectivity index (χ1n) is 7.79. The minimum absolute atomic E-state index is 0.00367. The summed E-state index contributed by atoms with van der Waals surface area (Å²) >= 11 is 0. The Balaban J connectivity index is 1.59. The number of likely N-dealkylation sites (tertiary alicyclic amines) is 1. The van der Waals surface area contributed by atoms with E-state index < -0.39 is 11.9 Å². The summed E-state index contributed by atoms with van der Waals surface area (Å²) in [7, 11) is 0. The fourth-order valence-electron chi connectivity index (χ4n) is 2.95. The molecule has 2 aromatic heterocycles. The molecule has 3 rings (SSSR count). The third kappa shape index (κ3) is 3.77. The lowest BCUT2D eigenvalue weighted by molar-refractivity contribution is -0.141. The fraction of sp³-hybridized carbons (Fsp3) is 0.533. The molecule has 1 unspecified atom stereocenters. The Morgan fingerprint density at radius 1 is 1.42 bits per heavy atom. The van der Waals surface area contributed by atoms with Gasteiger partial charge in [0.2, 0.25) is 5.91 Å². The Kier molecular flexibility index (Phi) is 4.59. The van der Waals surface area contributed by atoms with Crippen molar-refractivity contribution in [2.75, 3.05) is 13.1 Å². The van der Waals surface area contributed by atoms with Crippen LogP contribution in [0.25, 0.3) is 0 Å². The van der Waals surface area contributed by atoms with Gasteiger partial charge in [-0.05, 0) is 18.9 Å². The number of alkyl halides is 3. The molecule has 0 spiro atoms. The largest absolute Gasteiger partial charge is 0.435 e. The molecular formula is C15H18F3N5O.